The van der Waals surface area contributed by atoms with Crippen LogP contribution in [-0.4, -0.2) is 26.9 Å². The molecule has 0 spiro atoms. The van der Waals surface area contributed by atoms with Gasteiger partial charge in [0.25, 0.3) is 0 Å². The number of aryl methyl sites for hydroxylation is 2. The Balaban J connectivity index is 2.55. The predicted octanol–water partition coefficient (Wildman–Crippen LogP) is 2.39. The normalized spacial score (nSPS) is 23.6. The third kappa shape index (κ3) is 2.44. The molecule has 20 heavy (non-hydrogen) atoms. The fourth-order valence-corrected chi connectivity index (χ4v) is 4.88. The van der Waals surface area contributed by atoms with Crippen molar-refractivity contribution >= 4 is 9.84 Å². The highest BCUT2D eigenvalue weighted by molar-refractivity contribution is 7.93. The average Bonchev–Trinajstić information content (AvgIpc) is 2.38. The van der Waals surface area contributed by atoms with E-state index >= 15 is 0 Å². The molecule has 1 fully saturated rings. The molecule has 0 amide bonds. The van der Waals surface area contributed by atoms with E-state index in [0.717, 1.165) is 12.8 Å². The van der Waals surface area contributed by atoms with E-state index in [1.807, 2.05) is 0 Å². The SMILES string of the molecule is [CH2][C@]1(S(=O)(=O)c2c(C)cc(OC)cc2C)CCCCN1. The van der Waals surface area contributed by atoms with E-state index in [1.165, 1.54) is 0 Å². The van der Waals surface area contributed by atoms with Crippen molar-refractivity contribution in [2.75, 3.05) is 13.7 Å². The first kappa shape index (κ1) is 15.3. The Kier molecular flexibility index (Phi) is 4.12. The highest BCUT2D eigenvalue weighted by atomic mass is 32.2. The molecule has 0 aromatic heterocycles. The van der Waals surface area contributed by atoms with E-state index < -0.39 is 14.7 Å². The van der Waals surface area contributed by atoms with Crippen LogP contribution in [0.1, 0.15) is 30.4 Å². The topological polar surface area (TPSA) is 55.4 Å². The summed E-state index contributed by atoms with van der Waals surface area (Å²) in [5.74, 6) is 0.675. The molecule has 1 aliphatic heterocycles. The summed E-state index contributed by atoms with van der Waals surface area (Å²) in [7, 11) is -1.95. The highest BCUT2D eigenvalue weighted by Crippen LogP contribution is 2.35. The van der Waals surface area contributed by atoms with Gasteiger partial charge in [0.2, 0.25) is 0 Å². The molecule has 0 unspecified atom stereocenters. The molecule has 0 saturated carbocycles. The lowest BCUT2D eigenvalue weighted by Gasteiger charge is -2.35. The molecule has 5 heteroatoms. The molecule has 1 aliphatic rings. The molecule has 4 nitrogen and oxygen atoms in total. The molecule has 1 aromatic carbocycles. The van der Waals surface area contributed by atoms with Crippen molar-refractivity contribution in [3.05, 3.63) is 30.2 Å². The Morgan fingerprint density at radius 2 is 1.85 bits per heavy atom. The van der Waals surface area contributed by atoms with Crippen molar-refractivity contribution in [3.8, 4) is 5.75 Å². The molecule has 1 radical (unpaired) electrons. The number of rotatable bonds is 3. The van der Waals surface area contributed by atoms with E-state index in [0.29, 0.717) is 34.7 Å². The van der Waals surface area contributed by atoms with Crippen molar-refractivity contribution in [3.63, 3.8) is 0 Å². The summed E-state index contributed by atoms with van der Waals surface area (Å²) in [5.41, 5.74) is 1.41. The summed E-state index contributed by atoms with van der Waals surface area (Å²) in [4.78, 5) is -0.738. The molecule has 1 atom stereocenters. The van der Waals surface area contributed by atoms with Crippen LogP contribution in [0.5, 0.6) is 5.75 Å². The quantitative estimate of drug-likeness (QED) is 0.930. The molecule has 111 valence electrons. The first-order chi connectivity index (χ1) is 9.32. The third-order valence-corrected chi connectivity index (χ3v) is 6.47. The van der Waals surface area contributed by atoms with Gasteiger partial charge in [-0.2, -0.15) is 0 Å². The molecule has 1 saturated heterocycles. The molecule has 1 heterocycles. The lowest BCUT2D eigenvalue weighted by Crippen LogP contribution is -2.52. The van der Waals surface area contributed by atoms with Crippen LogP contribution in [-0.2, 0) is 9.84 Å². The van der Waals surface area contributed by atoms with Gasteiger partial charge in [-0.1, -0.05) is 0 Å². The summed E-state index contributed by atoms with van der Waals surface area (Å²) >= 11 is 0. The molecule has 1 N–H and O–H groups in total. The largest absolute Gasteiger partial charge is 0.497 e. The number of nitrogens with one attached hydrogen (secondary N) is 1. The second kappa shape index (κ2) is 5.37. The molecule has 0 bridgehead atoms. The molecule has 0 aliphatic carbocycles. The van der Waals surface area contributed by atoms with Crippen molar-refractivity contribution in [2.45, 2.75) is 42.9 Å². The van der Waals surface area contributed by atoms with E-state index in [-0.39, 0.29) is 0 Å². The monoisotopic (exact) mass is 296 g/mol. The van der Waals surface area contributed by atoms with Crippen LogP contribution in [0.2, 0.25) is 0 Å². The summed E-state index contributed by atoms with van der Waals surface area (Å²) in [6.07, 6.45) is 2.41. The van der Waals surface area contributed by atoms with Gasteiger partial charge in [-0.15, -0.1) is 0 Å². The Morgan fingerprint density at radius 1 is 1.25 bits per heavy atom. The Labute approximate surface area is 121 Å². The minimum Gasteiger partial charge on any atom is -0.497 e. The Hall–Kier alpha value is -1.07. The van der Waals surface area contributed by atoms with Crippen LogP contribution >= 0.6 is 0 Å². The number of hydrogen-bond donors (Lipinski definition) is 1. The van der Waals surface area contributed by atoms with Crippen LogP contribution in [0.25, 0.3) is 0 Å². The Bertz CT molecular complexity index is 579. The maximum atomic E-state index is 13.0. The van der Waals surface area contributed by atoms with Gasteiger partial charge in [0.1, 0.15) is 10.6 Å². The first-order valence-electron chi connectivity index (χ1n) is 6.82. The van der Waals surface area contributed by atoms with Crippen LogP contribution in [0.4, 0.5) is 0 Å². The van der Waals surface area contributed by atoms with Crippen molar-refractivity contribution in [1.82, 2.24) is 5.32 Å². The summed E-state index contributed by atoms with van der Waals surface area (Å²) in [5, 5.41) is 3.09. The first-order valence-corrected chi connectivity index (χ1v) is 8.30. The molecule has 1 aromatic rings. The zero-order valence-corrected chi connectivity index (χ0v) is 13.1. The van der Waals surface area contributed by atoms with Gasteiger partial charge in [0, 0.05) is 0 Å². The second-order valence-corrected chi connectivity index (χ2v) is 7.67. The minimum atomic E-state index is -3.53. The third-order valence-electron chi connectivity index (χ3n) is 3.91. The van der Waals surface area contributed by atoms with Crippen molar-refractivity contribution < 1.29 is 13.2 Å². The van der Waals surface area contributed by atoms with Gasteiger partial charge in [-0.25, -0.2) is 8.42 Å². The van der Waals surface area contributed by atoms with E-state index in [4.69, 9.17) is 4.74 Å². The van der Waals surface area contributed by atoms with Crippen molar-refractivity contribution in [1.29, 1.82) is 0 Å². The molecule has 2 rings (SSSR count). The number of methoxy groups -OCH3 is 1. The number of ether oxygens (including phenoxy) is 1. The van der Waals surface area contributed by atoms with Gasteiger partial charge in [0.05, 0.1) is 12.0 Å². The average molecular weight is 296 g/mol. The predicted molar refractivity (Wildman–Crippen MR) is 79.6 cm³/mol. The van der Waals surface area contributed by atoms with Crippen LogP contribution in [0.15, 0.2) is 17.0 Å². The van der Waals surface area contributed by atoms with E-state index in [1.54, 1.807) is 33.1 Å². The van der Waals surface area contributed by atoms with Gasteiger partial charge in [0.15, 0.2) is 9.84 Å². The zero-order valence-electron chi connectivity index (χ0n) is 12.3. The lowest BCUT2D eigenvalue weighted by atomic mass is 10.1. The van der Waals surface area contributed by atoms with E-state index in [2.05, 4.69) is 12.2 Å². The fraction of sp³-hybridized carbons (Fsp3) is 0.533. The van der Waals surface area contributed by atoms with Gasteiger partial charge >= 0.3 is 0 Å². The number of benzene rings is 1. The summed E-state index contributed by atoms with van der Waals surface area (Å²) < 4.78 is 31.2. The zero-order chi connectivity index (χ0) is 15.0. The molecular weight excluding hydrogens is 274 g/mol. The maximum absolute atomic E-state index is 13.0. The van der Waals surface area contributed by atoms with Crippen LogP contribution in [0, 0.1) is 20.8 Å². The standard InChI is InChI=1S/C15H22NO3S/c1-11-9-13(19-4)10-12(2)14(11)20(17,18)15(3)7-5-6-8-16-15/h9-10,16H,3,5-8H2,1-2,4H3/t15-/m0/s1. The van der Waals surface area contributed by atoms with Crippen molar-refractivity contribution in [2.24, 2.45) is 0 Å². The Morgan fingerprint density at radius 3 is 2.30 bits per heavy atom. The molecular formula is C15H22NO3S. The van der Waals surface area contributed by atoms with Crippen LogP contribution in [0.3, 0.4) is 0 Å². The highest BCUT2D eigenvalue weighted by Gasteiger charge is 2.42. The smallest absolute Gasteiger partial charge is 0.197 e. The second-order valence-electron chi connectivity index (χ2n) is 5.47. The maximum Gasteiger partial charge on any atom is 0.197 e. The summed E-state index contributed by atoms with van der Waals surface area (Å²) in [6, 6.07) is 3.51. The van der Waals surface area contributed by atoms with Gasteiger partial charge < -0.3 is 4.74 Å². The minimum absolute atomic E-state index is 0.378. The number of sulfone groups is 1. The van der Waals surface area contributed by atoms with Gasteiger partial charge in [-0.05, 0) is 69.8 Å². The van der Waals surface area contributed by atoms with Gasteiger partial charge in [-0.3, -0.25) is 5.32 Å². The summed E-state index contributed by atoms with van der Waals surface area (Å²) in [6.45, 7) is 8.26. The van der Waals surface area contributed by atoms with Crippen LogP contribution < -0.4 is 10.1 Å². The number of piperidine rings is 1. The lowest BCUT2D eigenvalue weighted by molar-refractivity contribution is 0.391. The fourth-order valence-electron chi connectivity index (χ4n) is 2.82. The van der Waals surface area contributed by atoms with E-state index in [9.17, 15) is 8.42 Å². The number of hydrogen-bond acceptors (Lipinski definition) is 4.